The minimum absolute atomic E-state index is 0.0387. The maximum atomic E-state index is 14.1. The largest absolute Gasteiger partial charge is 0.393 e. The van der Waals surface area contributed by atoms with Gasteiger partial charge in [-0.3, -0.25) is 0 Å². The van der Waals surface area contributed by atoms with Gasteiger partial charge in [0.2, 0.25) is 0 Å². The molecule has 0 aliphatic heterocycles. The Morgan fingerprint density at radius 2 is 0.962 bits per heavy atom. The van der Waals surface area contributed by atoms with Gasteiger partial charge in [-0.2, -0.15) is 0 Å². The molecule has 0 aliphatic carbocycles. The molecule has 3 N–H and O–H groups in total. The Hall–Kier alpha value is -1.82. The third-order valence-electron chi connectivity index (χ3n) is 4.41. The Balaban J connectivity index is 1.76. The summed E-state index contributed by atoms with van der Waals surface area (Å²) in [5.74, 6) is 0. The molecule has 2 rings (SSSR count). The zero-order chi connectivity index (χ0) is 18.9. The standard InChI is InChI=1S/C21H26F2O3/c22-18(11-15-7-3-1-4-8-15)20(25)13-17(24)14-21(26)19(23)12-16-9-5-2-6-10-16/h1-10,17-21,24-26H,11-14H2/t17?,18-,19?,20?,21+/m0/s1. The molecule has 0 spiro atoms. The molecule has 142 valence electrons. The van der Waals surface area contributed by atoms with Crippen molar-refractivity contribution >= 4 is 0 Å². The van der Waals surface area contributed by atoms with E-state index in [4.69, 9.17) is 0 Å². The van der Waals surface area contributed by atoms with Crippen LogP contribution in [0.3, 0.4) is 0 Å². The molecule has 3 nitrogen and oxygen atoms in total. The molecule has 0 radical (unpaired) electrons. The van der Waals surface area contributed by atoms with Gasteiger partial charge in [0.05, 0.1) is 18.3 Å². The highest BCUT2D eigenvalue weighted by atomic mass is 19.1. The second kappa shape index (κ2) is 10.4. The third-order valence-corrected chi connectivity index (χ3v) is 4.41. The molecule has 2 aromatic rings. The van der Waals surface area contributed by atoms with E-state index in [1.165, 1.54) is 0 Å². The monoisotopic (exact) mass is 364 g/mol. The van der Waals surface area contributed by atoms with Crippen LogP contribution in [-0.4, -0.2) is 46.0 Å². The van der Waals surface area contributed by atoms with Crippen molar-refractivity contribution in [2.24, 2.45) is 0 Å². The van der Waals surface area contributed by atoms with Crippen molar-refractivity contribution in [3.8, 4) is 0 Å². The first-order valence-electron chi connectivity index (χ1n) is 8.86. The Labute approximate surface area is 152 Å². The smallest absolute Gasteiger partial charge is 0.130 e. The molecule has 0 aromatic heterocycles. The van der Waals surface area contributed by atoms with E-state index in [1.807, 2.05) is 12.1 Å². The van der Waals surface area contributed by atoms with E-state index >= 15 is 0 Å². The fourth-order valence-corrected chi connectivity index (χ4v) is 2.90. The predicted octanol–water partition coefficient (Wildman–Crippen LogP) is 3.01. The van der Waals surface area contributed by atoms with E-state index in [0.29, 0.717) is 0 Å². The lowest BCUT2D eigenvalue weighted by Gasteiger charge is -2.22. The van der Waals surface area contributed by atoms with Gasteiger partial charge in [0, 0.05) is 25.7 Å². The van der Waals surface area contributed by atoms with E-state index in [9.17, 15) is 24.1 Å². The van der Waals surface area contributed by atoms with E-state index < -0.39 is 30.7 Å². The Morgan fingerprint density at radius 1 is 0.615 bits per heavy atom. The minimum Gasteiger partial charge on any atom is -0.393 e. The van der Waals surface area contributed by atoms with E-state index in [0.717, 1.165) is 11.1 Å². The molecular formula is C21H26F2O3. The first kappa shape index (κ1) is 20.5. The quantitative estimate of drug-likeness (QED) is 0.607. The maximum absolute atomic E-state index is 14.1. The second-order valence-electron chi connectivity index (χ2n) is 6.67. The normalized spacial score (nSPS) is 17.3. The van der Waals surface area contributed by atoms with Gasteiger partial charge in [-0.15, -0.1) is 0 Å². The van der Waals surface area contributed by atoms with Crippen LogP contribution < -0.4 is 0 Å². The Kier molecular flexibility index (Phi) is 8.16. The molecule has 3 unspecified atom stereocenters. The summed E-state index contributed by atoms with van der Waals surface area (Å²) in [6.45, 7) is 0. The van der Waals surface area contributed by atoms with Crippen LogP contribution in [0.25, 0.3) is 0 Å². The van der Waals surface area contributed by atoms with Gasteiger partial charge in [0.1, 0.15) is 12.3 Å². The average Bonchev–Trinajstić information content (AvgIpc) is 2.63. The van der Waals surface area contributed by atoms with E-state index in [-0.39, 0.29) is 25.7 Å². The summed E-state index contributed by atoms with van der Waals surface area (Å²) in [6, 6.07) is 17.8. The van der Waals surface area contributed by atoms with Crippen LogP contribution in [0.2, 0.25) is 0 Å². The lowest BCUT2D eigenvalue weighted by Crippen LogP contribution is -2.33. The van der Waals surface area contributed by atoms with E-state index in [1.54, 1.807) is 48.5 Å². The molecular weight excluding hydrogens is 338 g/mol. The van der Waals surface area contributed by atoms with Gasteiger partial charge in [-0.05, 0) is 11.1 Å². The van der Waals surface area contributed by atoms with Gasteiger partial charge in [-0.1, -0.05) is 60.7 Å². The van der Waals surface area contributed by atoms with Crippen LogP contribution in [0.4, 0.5) is 8.78 Å². The molecule has 0 saturated heterocycles. The fourth-order valence-electron chi connectivity index (χ4n) is 2.90. The third kappa shape index (κ3) is 6.83. The molecule has 0 bridgehead atoms. The average molecular weight is 364 g/mol. The molecule has 0 saturated carbocycles. The van der Waals surface area contributed by atoms with Crippen LogP contribution in [0.5, 0.6) is 0 Å². The summed E-state index contributed by atoms with van der Waals surface area (Å²) < 4.78 is 28.3. The first-order chi connectivity index (χ1) is 12.5. The van der Waals surface area contributed by atoms with Crippen molar-refractivity contribution in [1.82, 2.24) is 0 Å². The number of benzene rings is 2. The highest BCUT2D eigenvalue weighted by molar-refractivity contribution is 5.16. The van der Waals surface area contributed by atoms with Gasteiger partial charge < -0.3 is 15.3 Å². The summed E-state index contributed by atoms with van der Waals surface area (Å²) in [5.41, 5.74) is 1.50. The lowest BCUT2D eigenvalue weighted by atomic mass is 9.96. The summed E-state index contributed by atoms with van der Waals surface area (Å²) in [6.07, 6.45) is -7.40. The zero-order valence-electron chi connectivity index (χ0n) is 14.6. The molecule has 5 heteroatoms. The van der Waals surface area contributed by atoms with Crippen molar-refractivity contribution < 1.29 is 24.1 Å². The molecule has 5 atom stereocenters. The van der Waals surface area contributed by atoms with Crippen molar-refractivity contribution in [1.29, 1.82) is 0 Å². The predicted molar refractivity (Wildman–Crippen MR) is 97.3 cm³/mol. The number of aliphatic hydroxyl groups is 3. The number of hydrogen-bond donors (Lipinski definition) is 3. The van der Waals surface area contributed by atoms with Crippen molar-refractivity contribution in [2.75, 3.05) is 0 Å². The van der Waals surface area contributed by atoms with Gasteiger partial charge in [-0.25, -0.2) is 8.78 Å². The summed E-state index contributed by atoms with van der Waals surface area (Å²) in [5, 5.41) is 29.8. The molecule has 26 heavy (non-hydrogen) atoms. The van der Waals surface area contributed by atoms with Gasteiger partial charge >= 0.3 is 0 Å². The highest BCUT2D eigenvalue weighted by Crippen LogP contribution is 2.18. The fraction of sp³-hybridized carbons (Fsp3) is 0.429. The number of halogens is 2. The molecule has 2 aromatic carbocycles. The second-order valence-corrected chi connectivity index (χ2v) is 6.67. The van der Waals surface area contributed by atoms with Crippen LogP contribution in [-0.2, 0) is 12.8 Å². The number of alkyl halides is 2. The summed E-state index contributed by atoms with van der Waals surface area (Å²) in [7, 11) is 0. The number of aliphatic hydroxyl groups excluding tert-OH is 3. The Bertz CT molecular complexity index is 568. The molecule has 0 aliphatic rings. The zero-order valence-corrected chi connectivity index (χ0v) is 14.6. The molecule has 0 heterocycles. The van der Waals surface area contributed by atoms with Crippen molar-refractivity contribution in [3.63, 3.8) is 0 Å². The number of rotatable bonds is 10. The lowest BCUT2D eigenvalue weighted by molar-refractivity contribution is -0.00924. The van der Waals surface area contributed by atoms with Crippen LogP contribution in [0, 0.1) is 0 Å². The maximum Gasteiger partial charge on any atom is 0.130 e. The summed E-state index contributed by atoms with van der Waals surface area (Å²) >= 11 is 0. The summed E-state index contributed by atoms with van der Waals surface area (Å²) in [4.78, 5) is 0. The first-order valence-corrected chi connectivity index (χ1v) is 8.86. The topological polar surface area (TPSA) is 60.7 Å². The number of hydrogen-bond acceptors (Lipinski definition) is 3. The van der Waals surface area contributed by atoms with Gasteiger partial charge in [0.15, 0.2) is 0 Å². The van der Waals surface area contributed by atoms with Crippen molar-refractivity contribution in [2.45, 2.75) is 56.3 Å². The van der Waals surface area contributed by atoms with Gasteiger partial charge in [0.25, 0.3) is 0 Å². The van der Waals surface area contributed by atoms with Crippen LogP contribution in [0.1, 0.15) is 24.0 Å². The minimum atomic E-state index is -1.53. The van der Waals surface area contributed by atoms with E-state index in [2.05, 4.69) is 0 Å². The Morgan fingerprint density at radius 3 is 1.31 bits per heavy atom. The SMILES string of the molecule is OC(CC(O)[C@@H](F)Cc1ccccc1)C[C@@H](O)C(F)Cc1ccccc1. The van der Waals surface area contributed by atoms with Crippen LogP contribution >= 0.6 is 0 Å². The molecule has 0 amide bonds. The highest BCUT2D eigenvalue weighted by Gasteiger charge is 2.26. The van der Waals surface area contributed by atoms with Crippen molar-refractivity contribution in [3.05, 3.63) is 71.8 Å². The van der Waals surface area contributed by atoms with Crippen LogP contribution in [0.15, 0.2) is 60.7 Å². The molecule has 0 fully saturated rings.